The van der Waals surface area contributed by atoms with E-state index >= 15 is 0 Å². The molecule has 32 heavy (non-hydrogen) atoms. The number of carbonyl (C=O) groups is 2. The van der Waals surface area contributed by atoms with E-state index in [1.807, 2.05) is 38.1 Å². The Morgan fingerprint density at radius 2 is 1.81 bits per heavy atom. The molecule has 2 aromatic heterocycles. The number of ether oxygens (including phenoxy) is 1. The van der Waals surface area contributed by atoms with Crippen molar-refractivity contribution in [3.05, 3.63) is 95.4 Å². The van der Waals surface area contributed by atoms with Crippen LogP contribution in [0.5, 0.6) is 11.6 Å². The van der Waals surface area contributed by atoms with Crippen LogP contribution < -0.4 is 15.8 Å². The van der Waals surface area contributed by atoms with Crippen molar-refractivity contribution in [1.82, 2.24) is 14.8 Å². The summed E-state index contributed by atoms with van der Waals surface area (Å²) in [6.07, 6.45) is 3.04. The molecule has 0 unspecified atom stereocenters. The first-order chi connectivity index (χ1) is 15.4. The molecule has 4 rings (SSSR count). The number of nitrogens with zero attached hydrogens (tertiary/aromatic N) is 3. The molecule has 2 amide bonds. The van der Waals surface area contributed by atoms with Crippen LogP contribution >= 0.6 is 0 Å². The number of para-hydroxylation sites is 1. The van der Waals surface area contributed by atoms with Gasteiger partial charge in [-0.05, 0) is 49.7 Å². The van der Waals surface area contributed by atoms with Gasteiger partial charge in [-0.3, -0.25) is 9.59 Å². The van der Waals surface area contributed by atoms with Crippen LogP contribution in [0.25, 0.3) is 5.69 Å². The van der Waals surface area contributed by atoms with Gasteiger partial charge in [0.1, 0.15) is 5.75 Å². The Morgan fingerprint density at radius 1 is 1.00 bits per heavy atom. The number of rotatable bonds is 6. The van der Waals surface area contributed by atoms with Crippen molar-refractivity contribution in [3.63, 3.8) is 0 Å². The van der Waals surface area contributed by atoms with E-state index in [1.54, 1.807) is 41.2 Å². The van der Waals surface area contributed by atoms with E-state index in [0.717, 1.165) is 16.9 Å². The molecular formula is C24H21N5O3. The van der Waals surface area contributed by atoms with Crippen LogP contribution in [0, 0.1) is 13.8 Å². The van der Waals surface area contributed by atoms with E-state index in [4.69, 9.17) is 10.5 Å². The van der Waals surface area contributed by atoms with Gasteiger partial charge >= 0.3 is 0 Å². The zero-order chi connectivity index (χ0) is 22.7. The van der Waals surface area contributed by atoms with Gasteiger partial charge in [0.15, 0.2) is 0 Å². The van der Waals surface area contributed by atoms with Gasteiger partial charge in [-0.25, -0.2) is 9.67 Å². The van der Waals surface area contributed by atoms with Gasteiger partial charge in [0.05, 0.1) is 35.0 Å². The Bertz CT molecular complexity index is 1300. The van der Waals surface area contributed by atoms with Gasteiger partial charge in [-0.2, -0.15) is 5.10 Å². The first-order valence-electron chi connectivity index (χ1n) is 9.88. The van der Waals surface area contributed by atoms with Crippen LogP contribution in [-0.2, 0) is 0 Å². The predicted octanol–water partition coefficient (Wildman–Crippen LogP) is 4.03. The summed E-state index contributed by atoms with van der Waals surface area (Å²) in [5.74, 6) is -0.0764. The van der Waals surface area contributed by atoms with E-state index < -0.39 is 5.91 Å². The molecule has 0 aliphatic heterocycles. The Morgan fingerprint density at radius 3 is 2.53 bits per heavy atom. The minimum Gasteiger partial charge on any atom is -0.439 e. The lowest BCUT2D eigenvalue weighted by Gasteiger charge is -2.09. The second-order valence-corrected chi connectivity index (χ2v) is 7.18. The summed E-state index contributed by atoms with van der Waals surface area (Å²) in [5, 5.41) is 7.20. The van der Waals surface area contributed by atoms with Gasteiger partial charge in [0, 0.05) is 11.6 Å². The third kappa shape index (κ3) is 4.34. The number of anilines is 1. The molecule has 0 saturated heterocycles. The lowest BCUT2D eigenvalue weighted by Crippen LogP contribution is -2.13. The molecule has 0 atom stereocenters. The Hall–Kier alpha value is -4.46. The molecule has 160 valence electrons. The van der Waals surface area contributed by atoms with Crippen LogP contribution in [0.15, 0.2) is 73.1 Å². The summed E-state index contributed by atoms with van der Waals surface area (Å²) in [7, 11) is 0. The van der Waals surface area contributed by atoms with Crippen LogP contribution in [0.1, 0.15) is 32.0 Å². The topological polar surface area (TPSA) is 112 Å². The van der Waals surface area contributed by atoms with Crippen LogP contribution in [0.2, 0.25) is 0 Å². The van der Waals surface area contributed by atoms with E-state index in [0.29, 0.717) is 28.4 Å². The summed E-state index contributed by atoms with van der Waals surface area (Å²) in [6.45, 7) is 3.85. The number of benzene rings is 2. The highest BCUT2D eigenvalue weighted by Gasteiger charge is 2.16. The molecule has 0 radical (unpaired) electrons. The molecule has 0 aliphatic carbocycles. The van der Waals surface area contributed by atoms with Crippen molar-refractivity contribution in [2.75, 3.05) is 5.32 Å². The highest BCUT2D eigenvalue weighted by molar-refractivity contribution is 6.04. The monoisotopic (exact) mass is 427 g/mol. The molecule has 0 aliphatic rings. The van der Waals surface area contributed by atoms with Crippen molar-refractivity contribution < 1.29 is 14.3 Å². The average molecular weight is 427 g/mol. The minimum absolute atomic E-state index is 0.285. The number of hydrogen-bond acceptors (Lipinski definition) is 5. The number of primary amides is 1. The maximum absolute atomic E-state index is 12.8. The van der Waals surface area contributed by atoms with E-state index in [2.05, 4.69) is 15.4 Å². The van der Waals surface area contributed by atoms with E-state index in [9.17, 15) is 9.59 Å². The Balaban J connectivity index is 1.46. The molecule has 0 bridgehead atoms. The highest BCUT2D eigenvalue weighted by Crippen LogP contribution is 2.22. The van der Waals surface area contributed by atoms with Gasteiger partial charge in [-0.15, -0.1) is 0 Å². The molecule has 2 aromatic carbocycles. The summed E-state index contributed by atoms with van der Waals surface area (Å²) < 4.78 is 7.40. The Kier molecular flexibility index (Phi) is 5.67. The number of amides is 2. The first kappa shape index (κ1) is 20.8. The standard InChI is InChI=1S/C24H21N5O3/c1-15-6-3-4-9-21(15)29-16(2)20(14-27-29)24(31)28-18-10-11-22(26-13-18)32-19-8-5-7-17(12-19)23(25)30/h3-14H,1-2H3,(H2,25,30)(H,28,31). The lowest BCUT2D eigenvalue weighted by atomic mass is 10.2. The third-order valence-electron chi connectivity index (χ3n) is 4.93. The molecule has 0 fully saturated rings. The second-order valence-electron chi connectivity index (χ2n) is 7.18. The number of pyridine rings is 1. The Labute approximate surface area is 184 Å². The quantitative estimate of drug-likeness (QED) is 0.482. The maximum atomic E-state index is 12.8. The average Bonchev–Trinajstić information content (AvgIpc) is 3.17. The molecule has 8 nitrogen and oxygen atoms in total. The fourth-order valence-corrected chi connectivity index (χ4v) is 3.22. The summed E-state index contributed by atoms with van der Waals surface area (Å²) >= 11 is 0. The normalized spacial score (nSPS) is 10.6. The van der Waals surface area contributed by atoms with Crippen molar-refractivity contribution in [3.8, 4) is 17.3 Å². The smallest absolute Gasteiger partial charge is 0.259 e. The van der Waals surface area contributed by atoms with E-state index in [-0.39, 0.29) is 5.91 Å². The number of nitrogens with one attached hydrogen (secondary N) is 1. The summed E-state index contributed by atoms with van der Waals surface area (Å²) in [4.78, 5) is 28.3. The fraction of sp³-hybridized carbons (Fsp3) is 0.0833. The van der Waals surface area contributed by atoms with Gasteiger partial charge < -0.3 is 15.8 Å². The maximum Gasteiger partial charge on any atom is 0.259 e. The number of carbonyl (C=O) groups excluding carboxylic acids is 2. The summed E-state index contributed by atoms with van der Waals surface area (Å²) in [5.41, 5.74) is 9.33. The number of aryl methyl sites for hydroxylation is 1. The molecule has 4 aromatic rings. The molecule has 0 spiro atoms. The van der Waals surface area contributed by atoms with Crippen molar-refractivity contribution >= 4 is 17.5 Å². The second kappa shape index (κ2) is 8.73. The number of nitrogens with two attached hydrogens (primary N) is 1. The largest absolute Gasteiger partial charge is 0.439 e. The molecule has 8 heteroatoms. The molecule has 0 saturated carbocycles. The molecule has 2 heterocycles. The van der Waals surface area contributed by atoms with Crippen molar-refractivity contribution in [2.45, 2.75) is 13.8 Å². The highest BCUT2D eigenvalue weighted by atomic mass is 16.5. The van der Waals surface area contributed by atoms with Crippen molar-refractivity contribution in [2.24, 2.45) is 5.73 Å². The number of hydrogen-bond donors (Lipinski definition) is 2. The first-order valence-corrected chi connectivity index (χ1v) is 9.88. The fourth-order valence-electron chi connectivity index (χ4n) is 3.22. The summed E-state index contributed by atoms with van der Waals surface area (Å²) in [6, 6.07) is 17.6. The molecular weight excluding hydrogens is 406 g/mol. The van der Waals surface area contributed by atoms with Crippen LogP contribution in [-0.4, -0.2) is 26.6 Å². The lowest BCUT2D eigenvalue weighted by molar-refractivity contribution is 0.0997. The van der Waals surface area contributed by atoms with Gasteiger partial charge in [0.2, 0.25) is 11.8 Å². The third-order valence-corrected chi connectivity index (χ3v) is 4.93. The zero-order valence-electron chi connectivity index (χ0n) is 17.6. The zero-order valence-corrected chi connectivity index (χ0v) is 17.6. The van der Waals surface area contributed by atoms with Crippen molar-refractivity contribution in [1.29, 1.82) is 0 Å². The van der Waals surface area contributed by atoms with Gasteiger partial charge in [0.25, 0.3) is 5.91 Å². The number of aromatic nitrogens is 3. The van der Waals surface area contributed by atoms with Gasteiger partial charge in [-0.1, -0.05) is 24.3 Å². The minimum atomic E-state index is -0.539. The molecule has 3 N–H and O–H groups in total. The predicted molar refractivity (Wildman–Crippen MR) is 120 cm³/mol. The van der Waals surface area contributed by atoms with Crippen LogP contribution in [0.4, 0.5) is 5.69 Å². The van der Waals surface area contributed by atoms with E-state index in [1.165, 1.54) is 12.3 Å². The SMILES string of the molecule is Cc1ccccc1-n1ncc(C(=O)Nc2ccc(Oc3cccc(C(N)=O)c3)nc2)c1C. The van der Waals surface area contributed by atoms with Crippen LogP contribution in [0.3, 0.4) is 0 Å².